The van der Waals surface area contributed by atoms with Crippen molar-refractivity contribution in [3.8, 4) is 0 Å². The van der Waals surface area contributed by atoms with E-state index < -0.39 is 0 Å². The summed E-state index contributed by atoms with van der Waals surface area (Å²) in [6, 6.07) is 9.94. The van der Waals surface area contributed by atoms with Gasteiger partial charge in [0.1, 0.15) is 0 Å². The molecule has 19 heavy (non-hydrogen) atoms. The molecule has 0 radical (unpaired) electrons. The number of aromatic nitrogens is 2. The first-order chi connectivity index (χ1) is 9.11. The summed E-state index contributed by atoms with van der Waals surface area (Å²) in [7, 11) is 3.97. The standard InChI is InChI=1S/C14H19N5/c1-5-15-12-6-8-13(9-7-12)16-17-14-10-11(2)18(3)19(14)4/h6-10H,5H2,1-4H3/p+1. The van der Waals surface area contributed by atoms with E-state index in [0.29, 0.717) is 0 Å². The van der Waals surface area contributed by atoms with Crippen LogP contribution in [-0.4, -0.2) is 11.2 Å². The maximum Gasteiger partial charge on any atom is 0.215 e. The van der Waals surface area contributed by atoms with Crippen molar-refractivity contribution in [2.24, 2.45) is 24.3 Å². The van der Waals surface area contributed by atoms with E-state index in [1.54, 1.807) is 0 Å². The average Bonchev–Trinajstić information content (AvgIpc) is 2.66. The Morgan fingerprint density at radius 2 is 1.89 bits per heavy atom. The molecule has 0 aliphatic carbocycles. The van der Waals surface area contributed by atoms with Crippen molar-refractivity contribution in [3.05, 3.63) is 36.0 Å². The first-order valence-corrected chi connectivity index (χ1v) is 6.40. The van der Waals surface area contributed by atoms with Crippen LogP contribution in [0.2, 0.25) is 0 Å². The van der Waals surface area contributed by atoms with E-state index in [4.69, 9.17) is 0 Å². The van der Waals surface area contributed by atoms with Gasteiger partial charge in [-0.3, -0.25) is 0 Å². The topological polar surface area (TPSA) is 45.6 Å². The fourth-order valence-electron chi connectivity index (χ4n) is 1.82. The van der Waals surface area contributed by atoms with Gasteiger partial charge in [-0.05, 0) is 31.2 Å². The number of aryl methyl sites for hydroxylation is 1. The van der Waals surface area contributed by atoms with Crippen LogP contribution in [0, 0.1) is 6.92 Å². The molecule has 1 aromatic heterocycles. The molecule has 5 nitrogen and oxygen atoms in total. The fourth-order valence-corrected chi connectivity index (χ4v) is 1.82. The van der Waals surface area contributed by atoms with Gasteiger partial charge in [0.15, 0.2) is 7.05 Å². The molecular formula is C14H20N5+. The molecule has 0 bridgehead atoms. The first kappa shape index (κ1) is 13.3. The van der Waals surface area contributed by atoms with Crippen molar-refractivity contribution in [1.82, 2.24) is 4.68 Å². The maximum absolute atomic E-state index is 4.28. The molecule has 1 aromatic carbocycles. The fraction of sp³-hybridized carbons (Fsp3) is 0.357. The molecule has 0 saturated heterocycles. The van der Waals surface area contributed by atoms with Gasteiger partial charge < -0.3 is 5.32 Å². The van der Waals surface area contributed by atoms with Gasteiger partial charge in [-0.25, -0.2) is 0 Å². The summed E-state index contributed by atoms with van der Waals surface area (Å²) >= 11 is 0. The highest BCUT2D eigenvalue weighted by atomic mass is 15.4. The van der Waals surface area contributed by atoms with Crippen molar-refractivity contribution >= 4 is 17.2 Å². The second-order valence-electron chi connectivity index (χ2n) is 4.47. The van der Waals surface area contributed by atoms with Crippen LogP contribution in [0.5, 0.6) is 0 Å². The van der Waals surface area contributed by atoms with Gasteiger partial charge in [-0.15, -0.1) is 19.6 Å². The second kappa shape index (κ2) is 5.65. The zero-order chi connectivity index (χ0) is 13.8. The number of hydrogen-bond donors (Lipinski definition) is 1. The number of nitrogens with one attached hydrogen (secondary N) is 1. The van der Waals surface area contributed by atoms with Gasteiger partial charge in [-0.2, -0.15) is 0 Å². The lowest BCUT2D eigenvalue weighted by Gasteiger charge is -2.01. The second-order valence-corrected chi connectivity index (χ2v) is 4.47. The molecule has 0 saturated carbocycles. The van der Waals surface area contributed by atoms with Crippen LogP contribution in [0.3, 0.4) is 0 Å². The van der Waals surface area contributed by atoms with Crippen LogP contribution >= 0.6 is 0 Å². The minimum Gasteiger partial charge on any atom is -0.385 e. The molecule has 1 N–H and O–H groups in total. The summed E-state index contributed by atoms with van der Waals surface area (Å²) in [5.74, 6) is 0.843. The predicted molar refractivity (Wildman–Crippen MR) is 76.1 cm³/mol. The van der Waals surface area contributed by atoms with Crippen molar-refractivity contribution in [1.29, 1.82) is 0 Å². The number of azo groups is 1. The van der Waals surface area contributed by atoms with Gasteiger partial charge in [0.05, 0.1) is 18.8 Å². The van der Waals surface area contributed by atoms with Crippen LogP contribution in [-0.2, 0) is 14.1 Å². The molecule has 1 heterocycles. The molecule has 0 amide bonds. The molecule has 0 fully saturated rings. The Kier molecular flexibility index (Phi) is 3.94. The lowest BCUT2D eigenvalue weighted by atomic mass is 10.3. The van der Waals surface area contributed by atoms with E-state index in [-0.39, 0.29) is 0 Å². The van der Waals surface area contributed by atoms with Gasteiger partial charge >= 0.3 is 0 Å². The largest absolute Gasteiger partial charge is 0.385 e. The SMILES string of the molecule is CCNc1ccc(N=Nc2cc(C)[n+](C)n2C)cc1. The van der Waals surface area contributed by atoms with Gasteiger partial charge in [-0.1, -0.05) is 0 Å². The third kappa shape index (κ3) is 2.99. The van der Waals surface area contributed by atoms with Gasteiger partial charge in [0.25, 0.3) is 0 Å². The summed E-state index contributed by atoms with van der Waals surface area (Å²) in [6.45, 7) is 5.04. The molecule has 0 unspecified atom stereocenters. The Morgan fingerprint density at radius 1 is 1.21 bits per heavy atom. The molecule has 0 spiro atoms. The molecule has 0 aliphatic rings. The Hall–Kier alpha value is -2.17. The Morgan fingerprint density at radius 3 is 2.42 bits per heavy atom. The van der Waals surface area contributed by atoms with Crippen molar-refractivity contribution in [2.45, 2.75) is 13.8 Å². The van der Waals surface area contributed by atoms with E-state index in [9.17, 15) is 0 Å². The number of hydrogen-bond acceptors (Lipinski definition) is 3. The normalized spacial score (nSPS) is 11.2. The van der Waals surface area contributed by atoms with E-state index in [1.807, 2.05) is 60.7 Å². The smallest absolute Gasteiger partial charge is 0.215 e. The highest BCUT2D eigenvalue weighted by molar-refractivity contribution is 5.50. The average molecular weight is 258 g/mol. The van der Waals surface area contributed by atoms with E-state index in [0.717, 1.165) is 29.4 Å². The van der Waals surface area contributed by atoms with Crippen molar-refractivity contribution in [3.63, 3.8) is 0 Å². The highest BCUT2D eigenvalue weighted by Gasteiger charge is 2.11. The number of anilines is 1. The maximum atomic E-state index is 4.28. The Labute approximate surface area is 113 Å². The lowest BCUT2D eigenvalue weighted by Crippen LogP contribution is -2.39. The molecule has 100 valence electrons. The molecular weight excluding hydrogens is 238 g/mol. The highest BCUT2D eigenvalue weighted by Crippen LogP contribution is 2.19. The molecule has 5 heteroatoms. The van der Waals surface area contributed by atoms with Crippen LogP contribution in [0.4, 0.5) is 17.2 Å². The lowest BCUT2D eigenvalue weighted by molar-refractivity contribution is -0.755. The van der Waals surface area contributed by atoms with Gasteiger partial charge in [0.2, 0.25) is 11.5 Å². The minimum absolute atomic E-state index is 0.843. The van der Waals surface area contributed by atoms with Crippen LogP contribution in [0.1, 0.15) is 12.6 Å². The van der Waals surface area contributed by atoms with Crippen molar-refractivity contribution in [2.75, 3.05) is 11.9 Å². The van der Waals surface area contributed by atoms with Crippen LogP contribution < -0.4 is 10.00 Å². The third-order valence-corrected chi connectivity index (χ3v) is 3.15. The van der Waals surface area contributed by atoms with Crippen molar-refractivity contribution < 1.29 is 4.68 Å². The summed E-state index contributed by atoms with van der Waals surface area (Å²) in [4.78, 5) is 0. The number of rotatable bonds is 4. The van der Waals surface area contributed by atoms with Crippen LogP contribution in [0.25, 0.3) is 0 Å². The molecule has 2 rings (SSSR count). The van der Waals surface area contributed by atoms with Gasteiger partial charge in [0, 0.05) is 19.2 Å². The summed E-state index contributed by atoms with van der Waals surface area (Å²) in [5.41, 5.74) is 3.10. The van der Waals surface area contributed by atoms with E-state index >= 15 is 0 Å². The minimum atomic E-state index is 0.843. The molecule has 0 aliphatic heterocycles. The zero-order valence-corrected chi connectivity index (χ0v) is 11.9. The summed E-state index contributed by atoms with van der Waals surface area (Å²) < 4.78 is 3.99. The summed E-state index contributed by atoms with van der Waals surface area (Å²) in [5, 5.41) is 11.8. The monoisotopic (exact) mass is 258 g/mol. The molecule has 0 atom stereocenters. The van der Waals surface area contributed by atoms with Crippen LogP contribution in [0.15, 0.2) is 40.6 Å². The Bertz CT molecular complexity index is 581. The quantitative estimate of drug-likeness (QED) is 0.665. The van der Waals surface area contributed by atoms with E-state index in [1.165, 1.54) is 0 Å². The summed E-state index contributed by atoms with van der Waals surface area (Å²) in [6.07, 6.45) is 0. The van der Waals surface area contributed by atoms with E-state index in [2.05, 4.69) is 22.5 Å². The third-order valence-electron chi connectivity index (χ3n) is 3.15. The zero-order valence-electron chi connectivity index (χ0n) is 11.9. The Balaban J connectivity index is 2.15. The molecule has 2 aromatic rings. The number of benzene rings is 1. The number of nitrogens with zero attached hydrogens (tertiary/aromatic N) is 4. The predicted octanol–water partition coefficient (Wildman–Crippen LogP) is 3.01. The first-order valence-electron chi connectivity index (χ1n) is 6.40.